The molecule has 0 heterocycles. The molecular weight excluding hydrogens is 232 g/mol. The Labute approximate surface area is 118 Å². The first-order valence-electron chi connectivity index (χ1n) is 7.79. The van der Waals surface area contributed by atoms with E-state index in [1.54, 1.807) is 0 Å². The zero-order chi connectivity index (χ0) is 13.7. The van der Waals surface area contributed by atoms with Crippen LogP contribution in [-0.2, 0) is 0 Å². The summed E-state index contributed by atoms with van der Waals surface area (Å²) in [6.07, 6.45) is 5.18. The van der Waals surface area contributed by atoms with E-state index in [9.17, 15) is 0 Å². The first kappa shape index (κ1) is 14.4. The van der Waals surface area contributed by atoms with Crippen LogP contribution in [0.15, 0.2) is 24.3 Å². The molecule has 0 aromatic heterocycles. The lowest BCUT2D eigenvalue weighted by Gasteiger charge is -2.21. The maximum atomic E-state index is 3.61. The molecule has 0 radical (unpaired) electrons. The topological polar surface area (TPSA) is 15.3 Å². The second-order valence-corrected chi connectivity index (χ2v) is 5.83. The van der Waals surface area contributed by atoms with Gasteiger partial charge >= 0.3 is 0 Å². The third kappa shape index (κ3) is 4.24. The van der Waals surface area contributed by atoms with Crippen molar-refractivity contribution in [2.45, 2.75) is 45.6 Å². The minimum atomic E-state index is 0.503. The fraction of sp³-hybridized carbons (Fsp3) is 0.647. The van der Waals surface area contributed by atoms with Gasteiger partial charge in [-0.3, -0.25) is 0 Å². The quantitative estimate of drug-likeness (QED) is 0.760. The summed E-state index contributed by atoms with van der Waals surface area (Å²) < 4.78 is 0. The number of nitrogens with one attached hydrogen (secondary N) is 1. The van der Waals surface area contributed by atoms with Crippen LogP contribution in [0.5, 0.6) is 0 Å². The molecule has 0 saturated heterocycles. The van der Waals surface area contributed by atoms with Gasteiger partial charge in [-0.15, -0.1) is 0 Å². The van der Waals surface area contributed by atoms with Crippen LogP contribution in [0.2, 0.25) is 0 Å². The molecule has 2 heteroatoms. The highest BCUT2D eigenvalue weighted by molar-refractivity contribution is 5.47. The lowest BCUT2D eigenvalue weighted by molar-refractivity contribution is 0.518. The van der Waals surface area contributed by atoms with Gasteiger partial charge in [0.2, 0.25) is 0 Å². The smallest absolute Gasteiger partial charge is 0.0363 e. The molecule has 1 aromatic carbocycles. The summed E-state index contributed by atoms with van der Waals surface area (Å²) in [6.45, 7) is 6.78. The first-order valence-corrected chi connectivity index (χ1v) is 7.79. The van der Waals surface area contributed by atoms with Crippen molar-refractivity contribution in [1.82, 2.24) is 5.32 Å². The molecule has 1 aliphatic carbocycles. The molecule has 2 nitrogen and oxygen atoms in total. The van der Waals surface area contributed by atoms with Crippen LogP contribution < -0.4 is 10.2 Å². The third-order valence-electron chi connectivity index (χ3n) is 4.01. The second kappa shape index (κ2) is 6.95. The van der Waals surface area contributed by atoms with Crippen LogP contribution in [0.25, 0.3) is 0 Å². The van der Waals surface area contributed by atoms with Gasteiger partial charge in [-0.25, -0.2) is 0 Å². The average molecular weight is 260 g/mol. The summed E-state index contributed by atoms with van der Waals surface area (Å²) >= 11 is 0. The van der Waals surface area contributed by atoms with E-state index in [1.807, 2.05) is 0 Å². The number of anilines is 1. The molecule has 1 atom stereocenters. The van der Waals surface area contributed by atoms with E-state index in [1.165, 1.54) is 37.1 Å². The molecule has 106 valence electrons. The normalized spacial score (nSPS) is 16.4. The van der Waals surface area contributed by atoms with Crippen LogP contribution >= 0.6 is 0 Å². The van der Waals surface area contributed by atoms with Gasteiger partial charge in [0, 0.05) is 25.3 Å². The molecule has 1 aliphatic rings. The van der Waals surface area contributed by atoms with Gasteiger partial charge in [-0.05, 0) is 55.8 Å². The van der Waals surface area contributed by atoms with Gasteiger partial charge in [-0.2, -0.15) is 0 Å². The minimum absolute atomic E-state index is 0.503. The van der Waals surface area contributed by atoms with Crippen LogP contribution in [0, 0.1) is 5.92 Å². The van der Waals surface area contributed by atoms with E-state index in [2.05, 4.69) is 55.4 Å². The van der Waals surface area contributed by atoms with Gasteiger partial charge in [0.1, 0.15) is 0 Å². The standard InChI is InChI=1S/C17H28N2/c1-4-12-18-17(5-2)15-8-10-16(11-9-15)19(3)13-14-6-7-14/h8-11,14,17-18H,4-7,12-13H2,1-3H3. The van der Waals surface area contributed by atoms with Crippen molar-refractivity contribution in [1.29, 1.82) is 0 Å². The van der Waals surface area contributed by atoms with E-state index >= 15 is 0 Å². The summed E-state index contributed by atoms with van der Waals surface area (Å²) in [6, 6.07) is 9.62. The Hall–Kier alpha value is -1.02. The van der Waals surface area contributed by atoms with Crippen LogP contribution in [0.1, 0.15) is 51.1 Å². The Bertz CT molecular complexity index is 367. The summed E-state index contributed by atoms with van der Waals surface area (Å²) in [5.74, 6) is 0.944. The number of rotatable bonds is 8. The van der Waals surface area contributed by atoms with E-state index in [0.29, 0.717) is 6.04 Å². The van der Waals surface area contributed by atoms with Gasteiger partial charge in [-0.1, -0.05) is 26.0 Å². The zero-order valence-electron chi connectivity index (χ0n) is 12.7. The molecule has 0 bridgehead atoms. The highest BCUT2D eigenvalue weighted by Gasteiger charge is 2.22. The van der Waals surface area contributed by atoms with Crippen LogP contribution in [0.3, 0.4) is 0 Å². The lowest BCUT2D eigenvalue weighted by atomic mass is 10.0. The summed E-state index contributed by atoms with van der Waals surface area (Å²) in [7, 11) is 2.21. The van der Waals surface area contributed by atoms with Crippen molar-refractivity contribution < 1.29 is 0 Å². The largest absolute Gasteiger partial charge is 0.374 e. The average Bonchev–Trinajstić information content (AvgIpc) is 3.24. The Kier molecular flexibility index (Phi) is 5.26. The molecule has 1 N–H and O–H groups in total. The molecular formula is C17H28N2. The van der Waals surface area contributed by atoms with Crippen molar-refractivity contribution in [2.24, 2.45) is 5.92 Å². The number of nitrogens with zero attached hydrogens (tertiary/aromatic N) is 1. The fourth-order valence-corrected chi connectivity index (χ4v) is 2.57. The van der Waals surface area contributed by atoms with Gasteiger partial charge in [0.25, 0.3) is 0 Å². The van der Waals surface area contributed by atoms with Gasteiger partial charge in [0.05, 0.1) is 0 Å². The molecule has 1 aromatic rings. The Morgan fingerprint density at radius 1 is 1.21 bits per heavy atom. The van der Waals surface area contributed by atoms with Crippen molar-refractivity contribution in [3.05, 3.63) is 29.8 Å². The molecule has 0 aliphatic heterocycles. The highest BCUT2D eigenvalue weighted by Crippen LogP contribution is 2.31. The molecule has 2 rings (SSSR count). The van der Waals surface area contributed by atoms with Crippen molar-refractivity contribution >= 4 is 5.69 Å². The highest BCUT2D eigenvalue weighted by atomic mass is 15.1. The Balaban J connectivity index is 1.95. The fourth-order valence-electron chi connectivity index (χ4n) is 2.57. The first-order chi connectivity index (χ1) is 9.24. The van der Waals surface area contributed by atoms with Crippen molar-refractivity contribution in [2.75, 3.05) is 25.0 Å². The maximum Gasteiger partial charge on any atom is 0.0363 e. The molecule has 0 spiro atoms. The van der Waals surface area contributed by atoms with E-state index in [4.69, 9.17) is 0 Å². The molecule has 1 fully saturated rings. The van der Waals surface area contributed by atoms with E-state index in [0.717, 1.165) is 18.9 Å². The maximum absolute atomic E-state index is 3.61. The number of hydrogen-bond donors (Lipinski definition) is 1. The predicted molar refractivity (Wildman–Crippen MR) is 83.8 cm³/mol. The SMILES string of the molecule is CCCNC(CC)c1ccc(N(C)CC2CC2)cc1. The summed E-state index contributed by atoms with van der Waals surface area (Å²) in [5, 5.41) is 3.61. The van der Waals surface area contributed by atoms with Crippen molar-refractivity contribution in [3.63, 3.8) is 0 Å². The molecule has 1 unspecified atom stereocenters. The minimum Gasteiger partial charge on any atom is -0.374 e. The summed E-state index contributed by atoms with van der Waals surface area (Å²) in [5.41, 5.74) is 2.76. The van der Waals surface area contributed by atoms with Crippen LogP contribution in [-0.4, -0.2) is 20.1 Å². The van der Waals surface area contributed by atoms with Crippen LogP contribution in [0.4, 0.5) is 5.69 Å². The monoisotopic (exact) mass is 260 g/mol. The van der Waals surface area contributed by atoms with E-state index < -0.39 is 0 Å². The third-order valence-corrected chi connectivity index (χ3v) is 4.01. The van der Waals surface area contributed by atoms with Crippen molar-refractivity contribution in [3.8, 4) is 0 Å². The van der Waals surface area contributed by atoms with Gasteiger partial charge in [0.15, 0.2) is 0 Å². The zero-order valence-corrected chi connectivity index (χ0v) is 12.7. The van der Waals surface area contributed by atoms with E-state index in [-0.39, 0.29) is 0 Å². The second-order valence-electron chi connectivity index (χ2n) is 5.83. The Morgan fingerprint density at radius 3 is 2.42 bits per heavy atom. The number of benzene rings is 1. The predicted octanol–water partition coefficient (Wildman–Crippen LogP) is 3.98. The molecule has 19 heavy (non-hydrogen) atoms. The number of hydrogen-bond acceptors (Lipinski definition) is 2. The Morgan fingerprint density at radius 2 is 1.89 bits per heavy atom. The van der Waals surface area contributed by atoms with Gasteiger partial charge < -0.3 is 10.2 Å². The lowest BCUT2D eigenvalue weighted by Crippen LogP contribution is -2.22. The summed E-state index contributed by atoms with van der Waals surface area (Å²) in [4.78, 5) is 2.39. The molecule has 1 saturated carbocycles. The molecule has 0 amide bonds.